The van der Waals surface area contributed by atoms with E-state index in [0.717, 1.165) is 24.4 Å². The second kappa shape index (κ2) is 5.40. The zero-order valence-electron chi connectivity index (χ0n) is 10.7. The first-order valence-corrected chi connectivity index (χ1v) is 6.57. The zero-order chi connectivity index (χ0) is 13.1. The Morgan fingerprint density at radius 1 is 1.37 bits per heavy atom. The third kappa shape index (κ3) is 2.46. The van der Waals surface area contributed by atoms with E-state index < -0.39 is 0 Å². The van der Waals surface area contributed by atoms with Crippen molar-refractivity contribution in [2.45, 2.75) is 25.3 Å². The van der Waals surface area contributed by atoms with Crippen LogP contribution in [0.5, 0.6) is 5.75 Å². The minimum Gasteiger partial charge on any atom is -0.493 e. The molecule has 0 spiro atoms. The van der Waals surface area contributed by atoms with Gasteiger partial charge in [-0.3, -0.25) is 0 Å². The Morgan fingerprint density at radius 2 is 2.26 bits per heavy atom. The lowest BCUT2D eigenvalue weighted by Gasteiger charge is -2.13. The van der Waals surface area contributed by atoms with Gasteiger partial charge in [0.05, 0.1) is 19.8 Å². The number of benzene rings is 1. The molecule has 1 aliphatic heterocycles. The van der Waals surface area contributed by atoms with Gasteiger partial charge < -0.3 is 9.84 Å². The number of para-hydroxylation sites is 1. The van der Waals surface area contributed by atoms with E-state index in [2.05, 4.69) is 16.1 Å². The van der Waals surface area contributed by atoms with E-state index in [4.69, 9.17) is 9.84 Å². The summed E-state index contributed by atoms with van der Waals surface area (Å²) in [7, 11) is 0. The van der Waals surface area contributed by atoms with Gasteiger partial charge in [0.1, 0.15) is 17.9 Å². The molecule has 0 saturated heterocycles. The molecule has 19 heavy (non-hydrogen) atoms. The molecule has 1 aromatic heterocycles. The molecule has 3 rings (SSSR count). The Morgan fingerprint density at radius 3 is 3.16 bits per heavy atom. The minimum absolute atomic E-state index is 0.0795. The molecule has 100 valence electrons. The number of rotatable bonds is 3. The van der Waals surface area contributed by atoms with Crippen LogP contribution in [0.1, 0.15) is 23.7 Å². The predicted octanol–water partition coefficient (Wildman–Crippen LogP) is 1.38. The van der Waals surface area contributed by atoms with Crippen LogP contribution < -0.4 is 4.74 Å². The highest BCUT2D eigenvalue weighted by atomic mass is 16.5. The van der Waals surface area contributed by atoms with Gasteiger partial charge in [-0.25, -0.2) is 9.67 Å². The fourth-order valence-electron chi connectivity index (χ4n) is 2.57. The molecule has 0 bridgehead atoms. The maximum atomic E-state index is 9.06. The molecule has 0 fully saturated rings. The lowest BCUT2D eigenvalue weighted by Crippen LogP contribution is -2.15. The maximum Gasteiger partial charge on any atom is 0.138 e. The van der Waals surface area contributed by atoms with Gasteiger partial charge in [-0.1, -0.05) is 18.2 Å². The van der Waals surface area contributed by atoms with Gasteiger partial charge in [0.2, 0.25) is 0 Å². The molecule has 0 aliphatic carbocycles. The van der Waals surface area contributed by atoms with E-state index in [1.54, 1.807) is 11.0 Å². The topological polar surface area (TPSA) is 60.2 Å². The Labute approximate surface area is 111 Å². The van der Waals surface area contributed by atoms with Gasteiger partial charge in [0, 0.05) is 5.92 Å². The van der Waals surface area contributed by atoms with E-state index in [1.807, 2.05) is 18.2 Å². The fraction of sp³-hybridized carbons (Fsp3) is 0.429. The molecule has 2 heterocycles. The number of aliphatic hydroxyl groups is 1. The molecule has 1 aromatic carbocycles. The molecule has 1 aliphatic rings. The van der Waals surface area contributed by atoms with Gasteiger partial charge >= 0.3 is 0 Å². The summed E-state index contributed by atoms with van der Waals surface area (Å²) in [6.45, 7) is 1.26. The average Bonchev–Trinajstić information content (AvgIpc) is 2.78. The minimum atomic E-state index is 0.0795. The molecular weight excluding hydrogens is 242 g/mol. The van der Waals surface area contributed by atoms with E-state index in [0.29, 0.717) is 13.2 Å². The van der Waals surface area contributed by atoms with Crippen LogP contribution in [0.4, 0.5) is 0 Å². The summed E-state index contributed by atoms with van der Waals surface area (Å²) < 4.78 is 7.56. The smallest absolute Gasteiger partial charge is 0.138 e. The molecule has 0 amide bonds. The molecule has 1 unspecified atom stereocenters. The summed E-state index contributed by atoms with van der Waals surface area (Å²) >= 11 is 0. The fourth-order valence-corrected chi connectivity index (χ4v) is 2.57. The predicted molar refractivity (Wildman–Crippen MR) is 70.1 cm³/mol. The first kappa shape index (κ1) is 12.2. The average molecular weight is 259 g/mol. The normalized spacial score (nSPS) is 18.5. The van der Waals surface area contributed by atoms with Crippen LogP contribution in [0.25, 0.3) is 0 Å². The number of nitrogens with zero attached hydrogens (tertiary/aromatic N) is 3. The Balaban J connectivity index is 1.88. The van der Waals surface area contributed by atoms with E-state index in [9.17, 15) is 0 Å². The third-order valence-corrected chi connectivity index (χ3v) is 3.49. The summed E-state index contributed by atoms with van der Waals surface area (Å²) in [5, 5.41) is 13.2. The van der Waals surface area contributed by atoms with Crippen LogP contribution in [0, 0.1) is 0 Å². The van der Waals surface area contributed by atoms with Crippen molar-refractivity contribution in [3.8, 4) is 5.75 Å². The summed E-state index contributed by atoms with van der Waals surface area (Å²) in [5.74, 6) is 2.20. The van der Waals surface area contributed by atoms with Gasteiger partial charge in [-0.05, 0) is 24.5 Å². The maximum absolute atomic E-state index is 9.06. The van der Waals surface area contributed by atoms with Crippen molar-refractivity contribution in [1.29, 1.82) is 0 Å². The molecule has 0 radical (unpaired) electrons. The van der Waals surface area contributed by atoms with Crippen LogP contribution in [-0.2, 0) is 13.0 Å². The second-order valence-electron chi connectivity index (χ2n) is 4.71. The molecule has 1 N–H and O–H groups in total. The molecular formula is C14H17N3O2. The quantitative estimate of drug-likeness (QED) is 0.904. The highest BCUT2D eigenvalue weighted by molar-refractivity contribution is 5.35. The van der Waals surface area contributed by atoms with Crippen molar-refractivity contribution in [2.75, 3.05) is 13.2 Å². The summed E-state index contributed by atoms with van der Waals surface area (Å²) in [6.07, 6.45) is 3.38. The summed E-state index contributed by atoms with van der Waals surface area (Å²) in [5.41, 5.74) is 1.21. The SMILES string of the molecule is OCCn1ncnc1C1CCOc2ccccc2C1. The number of ether oxygens (including phenoxy) is 1. The standard InChI is InChI=1S/C14H17N3O2/c18-7-6-17-14(15-10-16-17)12-5-8-19-13-4-2-1-3-11(13)9-12/h1-4,10,12,18H,5-9H2. The highest BCUT2D eigenvalue weighted by Crippen LogP contribution is 2.31. The van der Waals surface area contributed by atoms with Crippen molar-refractivity contribution in [3.63, 3.8) is 0 Å². The van der Waals surface area contributed by atoms with Crippen molar-refractivity contribution < 1.29 is 9.84 Å². The van der Waals surface area contributed by atoms with Crippen LogP contribution in [0.3, 0.4) is 0 Å². The Hall–Kier alpha value is -1.88. The van der Waals surface area contributed by atoms with Crippen LogP contribution in [0.15, 0.2) is 30.6 Å². The van der Waals surface area contributed by atoms with Crippen molar-refractivity contribution >= 4 is 0 Å². The number of hydrogen-bond acceptors (Lipinski definition) is 4. The Kier molecular flexibility index (Phi) is 3.46. The Bertz CT molecular complexity index is 553. The highest BCUT2D eigenvalue weighted by Gasteiger charge is 2.22. The third-order valence-electron chi connectivity index (χ3n) is 3.49. The number of aliphatic hydroxyl groups excluding tert-OH is 1. The molecule has 5 nitrogen and oxygen atoms in total. The number of fused-ring (bicyclic) bond motifs is 1. The number of hydrogen-bond donors (Lipinski definition) is 1. The summed E-state index contributed by atoms with van der Waals surface area (Å²) in [4.78, 5) is 4.36. The van der Waals surface area contributed by atoms with Crippen molar-refractivity contribution in [3.05, 3.63) is 42.0 Å². The van der Waals surface area contributed by atoms with Crippen molar-refractivity contribution in [1.82, 2.24) is 14.8 Å². The molecule has 5 heteroatoms. The van der Waals surface area contributed by atoms with E-state index >= 15 is 0 Å². The van der Waals surface area contributed by atoms with Crippen LogP contribution in [-0.4, -0.2) is 33.1 Å². The monoisotopic (exact) mass is 259 g/mol. The zero-order valence-corrected chi connectivity index (χ0v) is 10.7. The lowest BCUT2D eigenvalue weighted by molar-refractivity contribution is 0.263. The molecule has 1 atom stereocenters. The van der Waals surface area contributed by atoms with E-state index in [-0.39, 0.29) is 12.5 Å². The molecule has 2 aromatic rings. The largest absolute Gasteiger partial charge is 0.493 e. The van der Waals surface area contributed by atoms with Crippen LogP contribution in [0.2, 0.25) is 0 Å². The van der Waals surface area contributed by atoms with Gasteiger partial charge in [0.25, 0.3) is 0 Å². The van der Waals surface area contributed by atoms with Gasteiger partial charge in [-0.15, -0.1) is 0 Å². The van der Waals surface area contributed by atoms with Gasteiger partial charge in [-0.2, -0.15) is 5.10 Å². The second-order valence-corrected chi connectivity index (χ2v) is 4.71. The van der Waals surface area contributed by atoms with Gasteiger partial charge in [0.15, 0.2) is 0 Å². The first-order chi connectivity index (χ1) is 9.38. The van der Waals surface area contributed by atoms with Crippen LogP contribution >= 0.6 is 0 Å². The van der Waals surface area contributed by atoms with Crippen molar-refractivity contribution in [2.24, 2.45) is 0 Å². The number of aromatic nitrogens is 3. The lowest BCUT2D eigenvalue weighted by atomic mass is 9.96. The van der Waals surface area contributed by atoms with E-state index in [1.165, 1.54) is 5.56 Å². The first-order valence-electron chi connectivity index (χ1n) is 6.57. The molecule has 0 saturated carbocycles. The summed E-state index contributed by atoms with van der Waals surface area (Å²) in [6, 6.07) is 8.13.